The van der Waals surface area contributed by atoms with E-state index in [2.05, 4.69) is 37.8 Å². The number of aliphatic imine (C=N–C) groups is 1. The molecule has 11 heteroatoms. The van der Waals surface area contributed by atoms with Crippen LogP contribution in [0.2, 0.25) is 10.0 Å². The minimum Gasteiger partial charge on any atom is -0.490 e. The van der Waals surface area contributed by atoms with Gasteiger partial charge < -0.3 is 9.64 Å². The molecule has 0 spiro atoms. The zero-order valence-corrected chi connectivity index (χ0v) is 30.9. The molecular weight excluding hydrogens is 667 g/mol. The maximum absolute atomic E-state index is 14.9. The van der Waals surface area contributed by atoms with Crippen LogP contribution in [0, 0.1) is 0 Å². The molecule has 0 radical (unpaired) electrons. The number of piperazine rings is 1. The Morgan fingerprint density at radius 3 is 2.04 bits per heavy atom. The van der Waals surface area contributed by atoms with Gasteiger partial charge in [0.25, 0.3) is 0 Å². The topological polar surface area (TPSA) is 82.5 Å². The van der Waals surface area contributed by atoms with Gasteiger partial charge in [-0.1, -0.05) is 74.3 Å². The summed E-state index contributed by atoms with van der Waals surface area (Å²) >= 11 is 12.7. The molecule has 3 aromatic rings. The van der Waals surface area contributed by atoms with Gasteiger partial charge in [-0.3, -0.25) is 14.8 Å². The molecule has 48 heavy (non-hydrogen) atoms. The van der Waals surface area contributed by atoms with Crippen molar-refractivity contribution < 1.29 is 17.9 Å². The lowest BCUT2D eigenvalue weighted by molar-refractivity contribution is 0.119. The van der Waals surface area contributed by atoms with E-state index in [0.29, 0.717) is 60.8 Å². The zero-order chi connectivity index (χ0) is 34.8. The summed E-state index contributed by atoms with van der Waals surface area (Å²) in [6.07, 6.45) is 1.74. The van der Waals surface area contributed by atoms with Crippen molar-refractivity contribution in [3.05, 3.63) is 99.0 Å². The van der Waals surface area contributed by atoms with Gasteiger partial charge in [0, 0.05) is 42.5 Å². The second-order valence-electron chi connectivity index (χ2n) is 14.0. The maximum Gasteiger partial charge on any atom is 0.326 e. The third kappa shape index (κ3) is 8.72. The van der Waals surface area contributed by atoms with Crippen LogP contribution in [0.4, 0.5) is 4.79 Å². The molecule has 1 saturated heterocycles. The number of carbonyl (C=O) groups excluding carboxylic acids is 1. The smallest absolute Gasteiger partial charge is 0.326 e. The van der Waals surface area contributed by atoms with Gasteiger partial charge in [-0.05, 0) is 85.3 Å². The van der Waals surface area contributed by atoms with Crippen molar-refractivity contribution in [2.75, 3.05) is 44.7 Å². The summed E-state index contributed by atoms with van der Waals surface area (Å²) in [4.78, 5) is 26.1. The van der Waals surface area contributed by atoms with E-state index in [9.17, 15) is 13.2 Å². The fourth-order valence-corrected chi connectivity index (χ4v) is 7.15. The van der Waals surface area contributed by atoms with E-state index in [-0.39, 0.29) is 23.3 Å². The van der Waals surface area contributed by atoms with Crippen molar-refractivity contribution in [1.82, 2.24) is 14.7 Å². The Morgan fingerprint density at radius 1 is 0.917 bits per heavy atom. The van der Waals surface area contributed by atoms with Crippen LogP contribution in [0.5, 0.6) is 5.75 Å². The molecule has 0 aliphatic carbocycles. The monoisotopic (exact) mass is 712 g/mol. The molecule has 0 saturated carbocycles. The average Bonchev–Trinajstić information content (AvgIpc) is 3.40. The van der Waals surface area contributed by atoms with Crippen LogP contribution in [0.25, 0.3) is 0 Å². The minimum atomic E-state index is -3.02. The number of sulfone groups is 1. The molecule has 5 rings (SSSR count). The SMILES string of the molecule is CC(C)Oc1cc(C(C)(C)C)ccc1C1=N[C@@H](c2ccc(Cl)cc2)[C@@H](c2ccc(Cl)cc2)N1C(=O)N1CCN(CCCS(C)(=O)=O)CC1. The summed E-state index contributed by atoms with van der Waals surface area (Å²) in [6, 6.07) is 20.4. The molecule has 3 aromatic carbocycles. The third-order valence-electron chi connectivity index (χ3n) is 8.78. The number of ether oxygens (including phenoxy) is 1. The van der Waals surface area contributed by atoms with Gasteiger partial charge >= 0.3 is 6.03 Å². The molecule has 2 atom stereocenters. The van der Waals surface area contributed by atoms with Crippen LogP contribution < -0.4 is 4.74 Å². The van der Waals surface area contributed by atoms with E-state index < -0.39 is 21.9 Å². The van der Waals surface area contributed by atoms with Crippen molar-refractivity contribution >= 4 is 44.9 Å². The number of nitrogens with zero attached hydrogens (tertiary/aromatic N) is 4. The van der Waals surface area contributed by atoms with Crippen LogP contribution in [0.1, 0.15) is 75.4 Å². The van der Waals surface area contributed by atoms with E-state index in [1.54, 1.807) is 0 Å². The minimum absolute atomic E-state index is 0.0972. The molecular formula is C37H46Cl2N4O4S. The van der Waals surface area contributed by atoms with E-state index >= 15 is 0 Å². The second kappa shape index (κ2) is 14.8. The van der Waals surface area contributed by atoms with E-state index in [4.69, 9.17) is 32.9 Å². The van der Waals surface area contributed by atoms with Crippen LogP contribution in [-0.4, -0.2) is 85.8 Å². The number of halogens is 2. The Morgan fingerprint density at radius 2 is 1.50 bits per heavy atom. The van der Waals surface area contributed by atoms with Crippen LogP contribution in [-0.2, 0) is 15.3 Å². The molecule has 0 bridgehead atoms. The Balaban J connectivity index is 1.58. The van der Waals surface area contributed by atoms with Crippen molar-refractivity contribution in [2.24, 2.45) is 4.99 Å². The Bertz CT molecular complexity index is 1730. The number of amides is 2. The molecule has 0 N–H and O–H groups in total. The lowest BCUT2D eigenvalue weighted by Gasteiger charge is -2.39. The summed E-state index contributed by atoms with van der Waals surface area (Å²) < 4.78 is 29.8. The molecule has 0 aromatic heterocycles. The van der Waals surface area contributed by atoms with Crippen LogP contribution in [0.15, 0.2) is 71.7 Å². The van der Waals surface area contributed by atoms with Crippen molar-refractivity contribution in [3.8, 4) is 5.75 Å². The lowest BCUT2D eigenvalue weighted by Crippen LogP contribution is -2.54. The number of hydrogen-bond donors (Lipinski definition) is 0. The summed E-state index contributed by atoms with van der Waals surface area (Å²) in [5.41, 5.74) is 3.59. The third-order valence-corrected chi connectivity index (χ3v) is 10.3. The largest absolute Gasteiger partial charge is 0.490 e. The zero-order valence-electron chi connectivity index (χ0n) is 28.6. The fraction of sp³-hybridized carbons (Fsp3) is 0.459. The highest BCUT2D eigenvalue weighted by Gasteiger charge is 2.45. The van der Waals surface area contributed by atoms with Gasteiger partial charge in [0.1, 0.15) is 27.5 Å². The quantitative estimate of drug-likeness (QED) is 0.226. The second-order valence-corrected chi connectivity index (χ2v) is 17.2. The van der Waals surface area contributed by atoms with E-state index in [0.717, 1.165) is 22.3 Å². The Hall–Kier alpha value is -3.11. The van der Waals surface area contributed by atoms with Gasteiger partial charge in [0.2, 0.25) is 0 Å². The number of hydrogen-bond acceptors (Lipinski definition) is 6. The molecule has 8 nitrogen and oxygen atoms in total. The summed E-state index contributed by atoms with van der Waals surface area (Å²) in [5, 5.41) is 1.23. The number of benzene rings is 3. The molecule has 2 heterocycles. The average molecular weight is 714 g/mol. The molecule has 258 valence electrons. The van der Waals surface area contributed by atoms with E-state index in [1.165, 1.54) is 6.26 Å². The number of amidine groups is 1. The fourth-order valence-electron chi connectivity index (χ4n) is 6.24. The van der Waals surface area contributed by atoms with Gasteiger partial charge in [-0.25, -0.2) is 13.2 Å². The highest BCUT2D eigenvalue weighted by atomic mass is 35.5. The number of rotatable bonds is 9. The van der Waals surface area contributed by atoms with Crippen molar-refractivity contribution in [1.29, 1.82) is 0 Å². The molecule has 1 fully saturated rings. The van der Waals surface area contributed by atoms with Gasteiger partial charge in [0.05, 0.1) is 23.5 Å². The first kappa shape index (κ1) is 36.2. The van der Waals surface area contributed by atoms with Gasteiger partial charge in [-0.2, -0.15) is 0 Å². The predicted molar refractivity (Wildman–Crippen MR) is 195 cm³/mol. The molecule has 0 unspecified atom stereocenters. The van der Waals surface area contributed by atoms with Crippen molar-refractivity contribution in [3.63, 3.8) is 0 Å². The highest BCUT2D eigenvalue weighted by Crippen LogP contribution is 2.46. The standard InChI is InChI=1S/C37H46Cl2N4O4S/c1-25(2)47-32-24-28(37(3,4)5)12-17-31(32)35-40-33(26-8-13-29(38)14-9-26)34(27-10-15-30(39)16-11-27)43(35)36(44)42-21-19-41(20-22-42)18-7-23-48(6,45)46/h8-17,24-25,33-34H,7,18-23H2,1-6H3/t33-,34+/m0/s1. The first-order chi connectivity index (χ1) is 22.6. The number of urea groups is 1. The highest BCUT2D eigenvalue weighted by molar-refractivity contribution is 7.90. The molecule has 2 aliphatic heterocycles. The predicted octanol–water partition coefficient (Wildman–Crippen LogP) is 7.80. The lowest BCUT2D eigenvalue weighted by atomic mass is 9.86. The molecule has 2 amide bonds. The maximum atomic E-state index is 14.9. The first-order valence-corrected chi connectivity index (χ1v) is 19.3. The summed E-state index contributed by atoms with van der Waals surface area (Å²) in [7, 11) is -3.02. The Kier molecular flexibility index (Phi) is 11.1. The summed E-state index contributed by atoms with van der Waals surface area (Å²) in [5.74, 6) is 1.38. The normalized spacial score (nSPS) is 19.1. The van der Waals surface area contributed by atoms with Gasteiger partial charge in [0.15, 0.2) is 0 Å². The van der Waals surface area contributed by atoms with E-state index in [1.807, 2.05) is 78.2 Å². The first-order valence-electron chi connectivity index (χ1n) is 16.5. The number of carbonyl (C=O) groups is 1. The van der Waals surface area contributed by atoms with Crippen molar-refractivity contribution in [2.45, 2.75) is 64.6 Å². The molecule has 2 aliphatic rings. The van der Waals surface area contributed by atoms with Gasteiger partial charge in [-0.15, -0.1) is 0 Å². The Labute approximate surface area is 295 Å². The van der Waals surface area contributed by atoms with Crippen LogP contribution >= 0.6 is 23.2 Å². The van der Waals surface area contributed by atoms with Crippen LogP contribution in [0.3, 0.4) is 0 Å². The summed E-state index contributed by atoms with van der Waals surface area (Å²) in [6.45, 7) is 13.5.